The number of ether oxygens (including phenoxy) is 1. The zero-order chi connectivity index (χ0) is 19.3. The predicted octanol–water partition coefficient (Wildman–Crippen LogP) is 2.66. The molecule has 2 atom stereocenters. The number of nitrogens with one attached hydrogen (secondary N) is 1. The fraction of sp³-hybridized carbons (Fsp3) is 0.500. The van der Waals surface area contributed by atoms with Crippen LogP contribution in [0.4, 0.5) is 27.6 Å². The molecule has 0 saturated heterocycles. The van der Waals surface area contributed by atoms with E-state index >= 15 is 0 Å². The fourth-order valence-electron chi connectivity index (χ4n) is 2.79. The van der Waals surface area contributed by atoms with Crippen LogP contribution in [-0.4, -0.2) is 36.8 Å². The van der Waals surface area contributed by atoms with Crippen molar-refractivity contribution >= 4 is 17.4 Å². The smallest absolute Gasteiger partial charge is 0.299 e. The minimum Gasteiger partial charge on any atom is -0.385 e. The van der Waals surface area contributed by atoms with Crippen LogP contribution in [-0.2, 0) is 15.1 Å². The van der Waals surface area contributed by atoms with Crippen molar-refractivity contribution < 1.29 is 31.5 Å². The summed E-state index contributed by atoms with van der Waals surface area (Å²) in [6.07, 6.45) is -0.583. The summed E-state index contributed by atoms with van der Waals surface area (Å²) in [5.74, 6) is -10.4. The van der Waals surface area contributed by atoms with Crippen molar-refractivity contribution in [2.45, 2.75) is 30.7 Å². The number of nitrogens with two attached hydrogens (primary N) is 1. The van der Waals surface area contributed by atoms with Crippen LogP contribution in [0.5, 0.6) is 0 Å². The molecule has 1 aliphatic heterocycles. The van der Waals surface area contributed by atoms with E-state index in [2.05, 4.69) is 10.3 Å². The Labute approximate surface area is 145 Å². The number of carbonyl (C=O) groups excluding carboxylic acids is 1. The monoisotopic (exact) mass is 377 g/mol. The second kappa shape index (κ2) is 5.90. The number of amides is 1. The number of anilines is 1. The molecule has 10 heteroatoms. The summed E-state index contributed by atoms with van der Waals surface area (Å²) in [5, 5.41) is 2.20. The van der Waals surface area contributed by atoms with Crippen LogP contribution >= 0.6 is 0 Å². The number of rotatable bonds is 3. The first kappa shape index (κ1) is 18.6. The van der Waals surface area contributed by atoms with Gasteiger partial charge in [-0.3, -0.25) is 9.79 Å². The highest BCUT2D eigenvalue weighted by atomic mass is 19.3. The lowest BCUT2D eigenvalue weighted by atomic mass is 9.85. The molecular weight excluding hydrogens is 361 g/mol. The quantitative estimate of drug-likeness (QED) is 0.796. The lowest BCUT2D eigenvalue weighted by Gasteiger charge is -2.33. The predicted molar refractivity (Wildman–Crippen MR) is 82.8 cm³/mol. The molecule has 0 spiro atoms. The topological polar surface area (TPSA) is 76.7 Å². The highest BCUT2D eigenvalue weighted by Gasteiger charge is 2.61. The van der Waals surface area contributed by atoms with E-state index in [4.69, 9.17) is 10.5 Å². The van der Waals surface area contributed by atoms with Gasteiger partial charge in [0.15, 0.2) is 5.54 Å². The number of amidine groups is 1. The van der Waals surface area contributed by atoms with Crippen molar-refractivity contribution in [3.63, 3.8) is 0 Å². The van der Waals surface area contributed by atoms with E-state index in [0.717, 1.165) is 25.1 Å². The second-order valence-electron chi connectivity index (χ2n) is 6.57. The van der Waals surface area contributed by atoms with E-state index in [1.165, 1.54) is 0 Å². The van der Waals surface area contributed by atoms with E-state index in [0.29, 0.717) is 0 Å². The molecule has 26 heavy (non-hydrogen) atoms. The summed E-state index contributed by atoms with van der Waals surface area (Å²) >= 11 is 0. The van der Waals surface area contributed by atoms with Gasteiger partial charge in [0.1, 0.15) is 30.8 Å². The average molecular weight is 377 g/mol. The number of hydrogen-bond donors (Lipinski definition) is 2. The van der Waals surface area contributed by atoms with E-state index in [1.54, 1.807) is 0 Å². The molecule has 2 unspecified atom stereocenters. The maximum Gasteiger partial charge on any atom is 0.299 e. The van der Waals surface area contributed by atoms with Gasteiger partial charge in [-0.15, -0.1) is 0 Å². The molecule has 0 radical (unpaired) electrons. The van der Waals surface area contributed by atoms with Gasteiger partial charge in [-0.1, -0.05) is 0 Å². The van der Waals surface area contributed by atoms with Gasteiger partial charge in [0, 0.05) is 17.7 Å². The summed E-state index contributed by atoms with van der Waals surface area (Å²) in [7, 11) is 0. The molecule has 1 aromatic carbocycles. The Kier molecular flexibility index (Phi) is 4.21. The lowest BCUT2D eigenvalue weighted by Crippen LogP contribution is -2.45. The standard InChI is InChI=1S/C16H16F5N3O2/c1-14(16(20,21)7-26-6-12(22)24-14)9-4-8(2-3-11(9)17)23-13(25)10-5-15(10,18)19/h2-4,10H,5-7H2,1H3,(H2,22,24)(H,23,25). The summed E-state index contributed by atoms with van der Waals surface area (Å²) in [6, 6.07) is 2.90. The number of carbonyl (C=O) groups is 1. The molecule has 5 nitrogen and oxygen atoms in total. The minimum absolute atomic E-state index is 0.0925. The van der Waals surface area contributed by atoms with E-state index in [9.17, 15) is 26.7 Å². The molecule has 1 amide bonds. The van der Waals surface area contributed by atoms with Gasteiger partial charge in [-0.25, -0.2) is 22.0 Å². The van der Waals surface area contributed by atoms with Crippen LogP contribution in [0.15, 0.2) is 23.2 Å². The first-order valence-electron chi connectivity index (χ1n) is 7.75. The van der Waals surface area contributed by atoms with Gasteiger partial charge < -0.3 is 15.8 Å². The number of aliphatic imine (C=N–C) groups is 1. The van der Waals surface area contributed by atoms with Gasteiger partial charge in [0.2, 0.25) is 5.91 Å². The molecular formula is C16H16F5N3O2. The Morgan fingerprint density at radius 1 is 1.35 bits per heavy atom. The van der Waals surface area contributed by atoms with Crippen LogP contribution in [0, 0.1) is 11.7 Å². The zero-order valence-corrected chi connectivity index (χ0v) is 13.7. The van der Waals surface area contributed by atoms with Crippen LogP contribution < -0.4 is 11.1 Å². The van der Waals surface area contributed by atoms with Gasteiger partial charge in [0.25, 0.3) is 11.8 Å². The average Bonchev–Trinajstić information content (AvgIpc) is 3.18. The number of halogens is 5. The zero-order valence-electron chi connectivity index (χ0n) is 13.7. The summed E-state index contributed by atoms with van der Waals surface area (Å²) in [5.41, 5.74) is 2.52. The Morgan fingerprint density at radius 3 is 2.62 bits per heavy atom. The molecule has 142 valence electrons. The number of nitrogens with zero attached hydrogens (tertiary/aromatic N) is 1. The molecule has 0 aromatic heterocycles. The molecule has 0 bridgehead atoms. The second-order valence-corrected chi connectivity index (χ2v) is 6.57. The maximum atomic E-state index is 14.5. The highest BCUT2D eigenvalue weighted by molar-refractivity contribution is 5.95. The summed E-state index contributed by atoms with van der Waals surface area (Å²) in [6.45, 7) is -0.369. The highest BCUT2D eigenvalue weighted by Crippen LogP contribution is 2.49. The van der Waals surface area contributed by atoms with E-state index in [1.807, 2.05) is 0 Å². The molecule has 1 aliphatic carbocycles. The van der Waals surface area contributed by atoms with Gasteiger partial charge in [-0.05, 0) is 25.1 Å². The lowest BCUT2D eigenvalue weighted by molar-refractivity contribution is -0.119. The van der Waals surface area contributed by atoms with Crippen LogP contribution in [0.2, 0.25) is 0 Å². The minimum atomic E-state index is -3.60. The van der Waals surface area contributed by atoms with Crippen molar-refractivity contribution in [2.24, 2.45) is 16.6 Å². The molecule has 1 fully saturated rings. The molecule has 3 N–H and O–H groups in total. The van der Waals surface area contributed by atoms with Crippen molar-refractivity contribution in [3.05, 3.63) is 29.6 Å². The van der Waals surface area contributed by atoms with E-state index in [-0.39, 0.29) is 18.1 Å². The maximum absolute atomic E-state index is 14.5. The van der Waals surface area contributed by atoms with Crippen molar-refractivity contribution in [1.82, 2.24) is 0 Å². The SMILES string of the molecule is CC1(c2cc(NC(=O)C3CC3(F)F)ccc2F)N=C(N)COCC1(F)F. The third-order valence-electron chi connectivity index (χ3n) is 4.51. The Balaban J connectivity index is 1.96. The van der Waals surface area contributed by atoms with Crippen LogP contribution in [0.3, 0.4) is 0 Å². The molecule has 1 aromatic rings. The van der Waals surface area contributed by atoms with Crippen molar-refractivity contribution in [3.8, 4) is 0 Å². The Bertz CT molecular complexity index is 783. The Hall–Kier alpha value is -2.23. The number of hydrogen-bond acceptors (Lipinski definition) is 4. The van der Waals surface area contributed by atoms with Gasteiger partial charge >= 0.3 is 0 Å². The van der Waals surface area contributed by atoms with Gasteiger partial charge in [0.05, 0.1) is 0 Å². The van der Waals surface area contributed by atoms with Crippen LogP contribution in [0.25, 0.3) is 0 Å². The van der Waals surface area contributed by atoms with Crippen molar-refractivity contribution in [1.29, 1.82) is 0 Å². The molecule has 3 rings (SSSR count). The number of benzene rings is 1. The molecule has 1 saturated carbocycles. The largest absolute Gasteiger partial charge is 0.385 e. The normalized spacial score (nSPS) is 29.5. The number of alkyl halides is 4. The van der Waals surface area contributed by atoms with Gasteiger partial charge in [-0.2, -0.15) is 0 Å². The summed E-state index contributed by atoms with van der Waals surface area (Å²) < 4.78 is 74.1. The molecule has 1 heterocycles. The third kappa shape index (κ3) is 3.13. The van der Waals surface area contributed by atoms with Crippen LogP contribution in [0.1, 0.15) is 18.9 Å². The third-order valence-corrected chi connectivity index (χ3v) is 4.51. The Morgan fingerprint density at radius 2 is 2.00 bits per heavy atom. The fourth-order valence-corrected chi connectivity index (χ4v) is 2.79. The van der Waals surface area contributed by atoms with E-state index < -0.39 is 53.6 Å². The first-order chi connectivity index (χ1) is 12.0. The van der Waals surface area contributed by atoms with Crippen molar-refractivity contribution in [2.75, 3.05) is 18.5 Å². The molecule has 2 aliphatic rings. The first-order valence-corrected chi connectivity index (χ1v) is 7.75. The summed E-state index contributed by atoms with van der Waals surface area (Å²) in [4.78, 5) is 15.5.